The predicted octanol–water partition coefficient (Wildman–Crippen LogP) is 3.60. The smallest absolute Gasteiger partial charge is 0.279 e. The van der Waals surface area contributed by atoms with Crippen LogP contribution in [0, 0.1) is 0 Å². The molecule has 0 aliphatic heterocycles. The van der Waals surface area contributed by atoms with Crippen molar-refractivity contribution in [2.75, 3.05) is 10.6 Å². The van der Waals surface area contributed by atoms with Crippen LogP contribution in [-0.4, -0.2) is 21.6 Å². The molecule has 0 aliphatic rings. The van der Waals surface area contributed by atoms with E-state index in [0.717, 1.165) is 0 Å². The Kier molecular flexibility index (Phi) is 5.09. The molecule has 30 heavy (non-hydrogen) atoms. The highest BCUT2D eigenvalue weighted by Crippen LogP contribution is 2.18. The number of benzene rings is 3. The predicted molar refractivity (Wildman–Crippen MR) is 116 cm³/mol. The lowest BCUT2D eigenvalue weighted by Gasteiger charge is -2.12. The summed E-state index contributed by atoms with van der Waals surface area (Å²) in [5, 5.41) is 10.7. The maximum absolute atomic E-state index is 13.0. The van der Waals surface area contributed by atoms with Crippen LogP contribution in [0.3, 0.4) is 0 Å². The Balaban J connectivity index is 1.74. The van der Waals surface area contributed by atoms with Crippen LogP contribution >= 0.6 is 0 Å². The number of aromatic nitrogens is 2. The SMILES string of the molecule is CC(=O)Nc1ccc(NC(=O)c2nn(-c3ccccc3)c(=O)c3ccccc23)cc1. The van der Waals surface area contributed by atoms with Crippen molar-refractivity contribution in [1.29, 1.82) is 0 Å². The van der Waals surface area contributed by atoms with E-state index in [0.29, 0.717) is 27.8 Å². The highest BCUT2D eigenvalue weighted by Gasteiger charge is 2.17. The number of fused-ring (bicyclic) bond motifs is 1. The second-order valence-electron chi connectivity index (χ2n) is 6.66. The molecule has 7 nitrogen and oxygen atoms in total. The third-order valence-corrected chi connectivity index (χ3v) is 4.48. The standard InChI is InChI=1S/C23H18N4O3/c1-15(28)24-16-11-13-17(14-12-16)25-22(29)21-19-9-5-6-10-20(19)23(30)27(26-21)18-7-3-2-4-8-18/h2-14H,1H3,(H,24,28)(H,25,29). The molecule has 1 aromatic heterocycles. The molecule has 4 rings (SSSR count). The zero-order chi connectivity index (χ0) is 21.1. The van der Waals surface area contributed by atoms with Gasteiger partial charge in [0.25, 0.3) is 11.5 Å². The minimum Gasteiger partial charge on any atom is -0.326 e. The summed E-state index contributed by atoms with van der Waals surface area (Å²) in [6.07, 6.45) is 0. The second-order valence-corrected chi connectivity index (χ2v) is 6.66. The van der Waals surface area contributed by atoms with Crippen molar-refractivity contribution >= 4 is 34.0 Å². The van der Waals surface area contributed by atoms with Gasteiger partial charge >= 0.3 is 0 Å². The van der Waals surface area contributed by atoms with E-state index in [-0.39, 0.29) is 17.2 Å². The van der Waals surface area contributed by atoms with Crippen LogP contribution in [0.15, 0.2) is 83.7 Å². The van der Waals surface area contributed by atoms with Crippen molar-refractivity contribution in [3.8, 4) is 5.69 Å². The maximum Gasteiger partial charge on any atom is 0.279 e. The minimum absolute atomic E-state index is 0.139. The molecule has 0 unspecified atom stereocenters. The minimum atomic E-state index is -0.442. The summed E-state index contributed by atoms with van der Waals surface area (Å²) in [6, 6.07) is 22.6. The first-order valence-electron chi connectivity index (χ1n) is 9.29. The number of hydrogen-bond acceptors (Lipinski definition) is 4. The molecule has 2 N–H and O–H groups in total. The Morgan fingerprint density at radius 2 is 1.33 bits per heavy atom. The van der Waals surface area contributed by atoms with Crippen molar-refractivity contribution in [3.63, 3.8) is 0 Å². The van der Waals surface area contributed by atoms with Gasteiger partial charge in [0.05, 0.1) is 11.1 Å². The average Bonchev–Trinajstić information content (AvgIpc) is 2.76. The largest absolute Gasteiger partial charge is 0.326 e. The summed E-state index contributed by atoms with van der Waals surface area (Å²) in [5.41, 5.74) is 1.58. The van der Waals surface area contributed by atoms with E-state index in [1.807, 2.05) is 6.07 Å². The van der Waals surface area contributed by atoms with Gasteiger partial charge < -0.3 is 10.6 Å². The van der Waals surface area contributed by atoms with Crippen molar-refractivity contribution < 1.29 is 9.59 Å². The van der Waals surface area contributed by atoms with E-state index < -0.39 is 5.91 Å². The lowest BCUT2D eigenvalue weighted by molar-refractivity contribution is -0.114. The molecular weight excluding hydrogens is 380 g/mol. The van der Waals surface area contributed by atoms with Crippen LogP contribution in [0.25, 0.3) is 16.5 Å². The number of anilines is 2. The van der Waals surface area contributed by atoms with E-state index >= 15 is 0 Å². The average molecular weight is 398 g/mol. The maximum atomic E-state index is 13.0. The van der Waals surface area contributed by atoms with E-state index in [2.05, 4.69) is 15.7 Å². The first-order valence-corrected chi connectivity index (χ1v) is 9.29. The van der Waals surface area contributed by atoms with Crippen molar-refractivity contribution in [2.24, 2.45) is 0 Å². The molecule has 0 bridgehead atoms. The fraction of sp³-hybridized carbons (Fsp3) is 0.0435. The monoisotopic (exact) mass is 398 g/mol. The lowest BCUT2D eigenvalue weighted by atomic mass is 10.1. The van der Waals surface area contributed by atoms with Gasteiger partial charge in [-0.1, -0.05) is 36.4 Å². The van der Waals surface area contributed by atoms with Gasteiger partial charge in [-0.2, -0.15) is 9.78 Å². The Bertz CT molecular complexity index is 1300. The van der Waals surface area contributed by atoms with Gasteiger partial charge in [-0.05, 0) is 42.5 Å². The molecular formula is C23H18N4O3. The molecule has 7 heteroatoms. The van der Waals surface area contributed by atoms with E-state index in [1.54, 1.807) is 72.8 Å². The molecule has 0 fully saturated rings. The van der Waals surface area contributed by atoms with Crippen LogP contribution in [-0.2, 0) is 4.79 Å². The highest BCUT2D eigenvalue weighted by molar-refractivity contribution is 6.11. The molecule has 3 aromatic carbocycles. The fourth-order valence-corrected chi connectivity index (χ4v) is 3.13. The molecule has 4 aromatic rings. The first kappa shape index (κ1) is 19.1. The van der Waals surface area contributed by atoms with Crippen LogP contribution in [0.4, 0.5) is 11.4 Å². The van der Waals surface area contributed by atoms with Gasteiger partial charge in [0.1, 0.15) is 0 Å². The van der Waals surface area contributed by atoms with Gasteiger partial charge in [0.2, 0.25) is 5.91 Å². The zero-order valence-electron chi connectivity index (χ0n) is 16.1. The Morgan fingerprint density at radius 3 is 1.97 bits per heavy atom. The molecule has 0 spiro atoms. The topological polar surface area (TPSA) is 93.1 Å². The number of para-hydroxylation sites is 1. The normalized spacial score (nSPS) is 10.6. The van der Waals surface area contributed by atoms with Crippen LogP contribution in [0.1, 0.15) is 17.4 Å². The fourth-order valence-electron chi connectivity index (χ4n) is 3.13. The van der Waals surface area contributed by atoms with Crippen molar-refractivity contribution in [2.45, 2.75) is 6.92 Å². The number of carbonyl (C=O) groups is 2. The molecule has 1 heterocycles. The molecule has 0 atom stereocenters. The molecule has 148 valence electrons. The molecule has 0 saturated carbocycles. The quantitative estimate of drug-likeness (QED) is 0.549. The Labute approximate surface area is 172 Å². The van der Waals surface area contributed by atoms with Gasteiger partial charge in [0.15, 0.2) is 5.69 Å². The second kappa shape index (κ2) is 8.00. The first-order chi connectivity index (χ1) is 14.5. The van der Waals surface area contributed by atoms with Gasteiger partial charge in [-0.15, -0.1) is 0 Å². The third-order valence-electron chi connectivity index (χ3n) is 4.48. The summed E-state index contributed by atoms with van der Waals surface area (Å²) < 4.78 is 1.23. The van der Waals surface area contributed by atoms with Gasteiger partial charge in [0, 0.05) is 23.7 Å². The third kappa shape index (κ3) is 3.81. The van der Waals surface area contributed by atoms with Gasteiger partial charge in [-0.25, -0.2) is 0 Å². The summed E-state index contributed by atoms with van der Waals surface area (Å²) in [4.78, 5) is 37.1. The summed E-state index contributed by atoms with van der Waals surface area (Å²) in [7, 11) is 0. The number of carbonyl (C=O) groups excluding carboxylic acids is 2. The Morgan fingerprint density at radius 1 is 0.767 bits per heavy atom. The molecule has 0 aliphatic carbocycles. The van der Waals surface area contributed by atoms with Crippen molar-refractivity contribution in [1.82, 2.24) is 9.78 Å². The van der Waals surface area contributed by atoms with Crippen molar-refractivity contribution in [3.05, 3.63) is 94.9 Å². The summed E-state index contributed by atoms with van der Waals surface area (Å²) in [6.45, 7) is 1.42. The van der Waals surface area contributed by atoms with E-state index in [1.165, 1.54) is 11.6 Å². The van der Waals surface area contributed by atoms with Crippen LogP contribution in [0.2, 0.25) is 0 Å². The number of hydrogen-bond donors (Lipinski definition) is 2. The zero-order valence-corrected chi connectivity index (χ0v) is 16.1. The van der Waals surface area contributed by atoms with Crippen LogP contribution < -0.4 is 16.2 Å². The van der Waals surface area contributed by atoms with E-state index in [4.69, 9.17) is 0 Å². The van der Waals surface area contributed by atoms with Gasteiger partial charge in [-0.3, -0.25) is 14.4 Å². The number of nitrogens with one attached hydrogen (secondary N) is 2. The highest BCUT2D eigenvalue weighted by atomic mass is 16.2. The number of rotatable bonds is 4. The van der Waals surface area contributed by atoms with Crippen LogP contribution in [0.5, 0.6) is 0 Å². The number of nitrogens with zero attached hydrogens (tertiary/aromatic N) is 2. The molecule has 0 saturated heterocycles. The Hall–Kier alpha value is -4.26. The summed E-state index contributed by atoms with van der Waals surface area (Å²) in [5.74, 6) is -0.617. The summed E-state index contributed by atoms with van der Waals surface area (Å²) >= 11 is 0. The number of amides is 2. The van der Waals surface area contributed by atoms with E-state index in [9.17, 15) is 14.4 Å². The lowest BCUT2D eigenvalue weighted by Crippen LogP contribution is -2.26. The molecule has 0 radical (unpaired) electrons. The molecule has 2 amide bonds.